The molecule has 1 unspecified atom stereocenters. The Morgan fingerprint density at radius 1 is 1.10 bits per heavy atom. The van der Waals surface area contributed by atoms with Crippen molar-refractivity contribution in [2.45, 2.75) is 77.4 Å². The van der Waals surface area contributed by atoms with Crippen LogP contribution < -0.4 is 5.32 Å². The van der Waals surface area contributed by atoms with Gasteiger partial charge in [0.15, 0.2) is 0 Å². The second-order valence-electron chi connectivity index (χ2n) is 7.16. The molecule has 0 radical (unpaired) electrons. The molecule has 0 saturated heterocycles. The third-order valence-electron chi connectivity index (χ3n) is 3.83. The van der Waals surface area contributed by atoms with E-state index >= 15 is 0 Å². The Hall–Kier alpha value is -1.26. The standard InChI is InChI=1S/C16H29NO4/c1-15(2,3)21-14(19)17-16(4,13(18)20-5)11-12-9-7-6-8-10-12/h12H,6-11H2,1-5H3,(H,17,19). The third-order valence-corrected chi connectivity index (χ3v) is 3.83. The minimum atomic E-state index is -1.03. The van der Waals surface area contributed by atoms with Gasteiger partial charge in [-0.1, -0.05) is 32.1 Å². The number of ether oxygens (including phenoxy) is 2. The highest BCUT2D eigenvalue weighted by molar-refractivity contribution is 5.85. The van der Waals surface area contributed by atoms with Gasteiger partial charge in [0.25, 0.3) is 0 Å². The molecule has 1 N–H and O–H groups in total. The molecule has 1 amide bonds. The number of methoxy groups -OCH3 is 1. The summed E-state index contributed by atoms with van der Waals surface area (Å²) >= 11 is 0. The summed E-state index contributed by atoms with van der Waals surface area (Å²) in [6, 6.07) is 0. The quantitative estimate of drug-likeness (QED) is 0.808. The van der Waals surface area contributed by atoms with Crippen molar-refractivity contribution in [1.29, 1.82) is 0 Å². The molecule has 0 aliphatic heterocycles. The highest BCUT2D eigenvalue weighted by Crippen LogP contribution is 2.31. The summed E-state index contributed by atoms with van der Waals surface area (Å²) in [4.78, 5) is 24.1. The molecule has 1 rings (SSSR count). The molecule has 0 aromatic rings. The van der Waals surface area contributed by atoms with E-state index in [2.05, 4.69) is 5.32 Å². The maximum Gasteiger partial charge on any atom is 0.408 e. The van der Waals surface area contributed by atoms with Gasteiger partial charge in [0.2, 0.25) is 0 Å². The van der Waals surface area contributed by atoms with E-state index in [9.17, 15) is 9.59 Å². The first-order valence-electron chi connectivity index (χ1n) is 7.76. The molecule has 0 heterocycles. The number of hydrogen-bond donors (Lipinski definition) is 1. The van der Waals surface area contributed by atoms with E-state index in [1.165, 1.54) is 26.4 Å². The summed E-state index contributed by atoms with van der Waals surface area (Å²) in [6.07, 6.45) is 5.85. The summed E-state index contributed by atoms with van der Waals surface area (Å²) in [5.41, 5.74) is -1.62. The highest BCUT2D eigenvalue weighted by Gasteiger charge is 2.39. The van der Waals surface area contributed by atoms with Crippen molar-refractivity contribution in [1.82, 2.24) is 5.32 Å². The average Bonchev–Trinajstić information content (AvgIpc) is 2.36. The number of carbonyl (C=O) groups excluding carboxylic acids is 2. The lowest BCUT2D eigenvalue weighted by molar-refractivity contribution is -0.148. The van der Waals surface area contributed by atoms with Crippen LogP contribution in [0.15, 0.2) is 0 Å². The smallest absolute Gasteiger partial charge is 0.408 e. The van der Waals surface area contributed by atoms with E-state index < -0.39 is 23.2 Å². The van der Waals surface area contributed by atoms with Crippen molar-refractivity contribution in [3.8, 4) is 0 Å². The van der Waals surface area contributed by atoms with E-state index in [1.54, 1.807) is 27.7 Å². The largest absolute Gasteiger partial charge is 0.467 e. The molecule has 5 nitrogen and oxygen atoms in total. The summed E-state index contributed by atoms with van der Waals surface area (Å²) in [5, 5.41) is 2.71. The van der Waals surface area contributed by atoms with Gasteiger partial charge in [0.05, 0.1) is 7.11 Å². The normalized spacial score (nSPS) is 19.5. The van der Waals surface area contributed by atoms with Crippen LogP contribution in [0.25, 0.3) is 0 Å². The Labute approximate surface area is 127 Å². The fourth-order valence-electron chi connectivity index (χ4n) is 2.91. The second-order valence-corrected chi connectivity index (χ2v) is 7.16. The fourth-order valence-corrected chi connectivity index (χ4v) is 2.91. The lowest BCUT2D eigenvalue weighted by Crippen LogP contribution is -2.55. The van der Waals surface area contributed by atoms with Crippen LogP contribution in [0.3, 0.4) is 0 Å². The first kappa shape index (κ1) is 17.8. The zero-order chi connectivity index (χ0) is 16.1. The molecule has 1 aliphatic rings. The number of esters is 1. The minimum absolute atomic E-state index is 0.418. The van der Waals surface area contributed by atoms with Crippen molar-refractivity contribution in [2.75, 3.05) is 7.11 Å². The highest BCUT2D eigenvalue weighted by atomic mass is 16.6. The molecule has 1 fully saturated rings. The SMILES string of the molecule is COC(=O)C(C)(CC1CCCCC1)NC(=O)OC(C)(C)C. The number of carbonyl (C=O) groups is 2. The summed E-state index contributed by atoms with van der Waals surface area (Å²) in [7, 11) is 1.35. The predicted octanol–water partition coefficient (Wildman–Crippen LogP) is 3.41. The van der Waals surface area contributed by atoms with E-state index in [1.807, 2.05) is 0 Å². The van der Waals surface area contributed by atoms with Crippen LogP contribution in [0.4, 0.5) is 4.79 Å². The van der Waals surface area contributed by atoms with Crippen LogP contribution in [-0.2, 0) is 14.3 Å². The molecule has 0 spiro atoms. The molecule has 1 atom stereocenters. The zero-order valence-electron chi connectivity index (χ0n) is 14.0. The summed E-state index contributed by atoms with van der Waals surface area (Å²) in [5.74, 6) is 0.0247. The Kier molecular flexibility index (Phi) is 6.05. The van der Waals surface area contributed by atoms with Gasteiger partial charge in [-0.2, -0.15) is 0 Å². The first-order chi connectivity index (χ1) is 9.66. The molecule has 122 valence electrons. The van der Waals surface area contributed by atoms with E-state index in [0.717, 1.165) is 12.8 Å². The van der Waals surface area contributed by atoms with E-state index in [-0.39, 0.29) is 0 Å². The molecular weight excluding hydrogens is 270 g/mol. The van der Waals surface area contributed by atoms with Crippen molar-refractivity contribution in [3.63, 3.8) is 0 Å². The fraction of sp³-hybridized carbons (Fsp3) is 0.875. The average molecular weight is 299 g/mol. The maximum atomic E-state index is 12.1. The molecule has 1 aliphatic carbocycles. The molecule has 0 bridgehead atoms. The molecular formula is C16H29NO4. The van der Waals surface area contributed by atoms with Gasteiger partial charge in [0, 0.05) is 0 Å². The Balaban J connectivity index is 2.73. The van der Waals surface area contributed by atoms with Gasteiger partial charge in [0.1, 0.15) is 11.1 Å². The molecule has 1 saturated carbocycles. The Morgan fingerprint density at radius 2 is 1.67 bits per heavy atom. The van der Waals surface area contributed by atoms with Crippen molar-refractivity contribution >= 4 is 12.1 Å². The van der Waals surface area contributed by atoms with Gasteiger partial charge >= 0.3 is 12.1 Å². The first-order valence-corrected chi connectivity index (χ1v) is 7.76. The summed E-state index contributed by atoms with van der Waals surface area (Å²) < 4.78 is 10.1. The number of rotatable bonds is 4. The van der Waals surface area contributed by atoms with E-state index in [0.29, 0.717) is 12.3 Å². The van der Waals surface area contributed by atoms with E-state index in [4.69, 9.17) is 9.47 Å². The monoisotopic (exact) mass is 299 g/mol. The molecule has 0 aromatic carbocycles. The van der Waals surface area contributed by atoms with Crippen LogP contribution in [0.2, 0.25) is 0 Å². The van der Waals surface area contributed by atoms with Crippen LogP contribution in [0.5, 0.6) is 0 Å². The lowest BCUT2D eigenvalue weighted by atomic mass is 9.80. The van der Waals surface area contributed by atoms with Crippen molar-refractivity contribution in [3.05, 3.63) is 0 Å². The molecule has 5 heteroatoms. The lowest BCUT2D eigenvalue weighted by Gasteiger charge is -2.34. The maximum absolute atomic E-state index is 12.1. The topological polar surface area (TPSA) is 64.6 Å². The Morgan fingerprint density at radius 3 is 2.14 bits per heavy atom. The number of alkyl carbamates (subject to hydrolysis) is 1. The number of amides is 1. The summed E-state index contributed by atoms with van der Waals surface area (Å²) in [6.45, 7) is 7.10. The number of hydrogen-bond acceptors (Lipinski definition) is 4. The van der Waals surface area contributed by atoms with Gasteiger partial charge in [-0.3, -0.25) is 0 Å². The van der Waals surface area contributed by atoms with Gasteiger partial charge in [-0.05, 0) is 40.0 Å². The molecule has 0 aromatic heterocycles. The van der Waals surface area contributed by atoms with Crippen molar-refractivity contribution < 1.29 is 19.1 Å². The third kappa shape index (κ3) is 5.94. The molecule has 21 heavy (non-hydrogen) atoms. The number of nitrogens with one attached hydrogen (secondary N) is 1. The van der Waals surface area contributed by atoms with Gasteiger partial charge < -0.3 is 14.8 Å². The van der Waals surface area contributed by atoms with Crippen LogP contribution in [0, 0.1) is 5.92 Å². The van der Waals surface area contributed by atoms with Crippen LogP contribution >= 0.6 is 0 Å². The Bertz CT molecular complexity index is 369. The minimum Gasteiger partial charge on any atom is -0.467 e. The second kappa shape index (κ2) is 7.14. The zero-order valence-corrected chi connectivity index (χ0v) is 14.0. The van der Waals surface area contributed by atoms with Gasteiger partial charge in [-0.15, -0.1) is 0 Å². The van der Waals surface area contributed by atoms with Crippen molar-refractivity contribution in [2.24, 2.45) is 5.92 Å². The van der Waals surface area contributed by atoms with Crippen LogP contribution in [-0.4, -0.2) is 30.3 Å². The van der Waals surface area contributed by atoms with Crippen LogP contribution in [0.1, 0.15) is 66.2 Å². The predicted molar refractivity (Wildman–Crippen MR) is 81.0 cm³/mol. The van der Waals surface area contributed by atoms with Gasteiger partial charge in [-0.25, -0.2) is 9.59 Å².